The van der Waals surface area contributed by atoms with E-state index in [1.807, 2.05) is 11.0 Å². The topological polar surface area (TPSA) is 71.8 Å². The highest BCUT2D eigenvalue weighted by molar-refractivity contribution is 5.74. The monoisotopic (exact) mass is 515 g/mol. The van der Waals surface area contributed by atoms with Crippen LogP contribution in [0.15, 0.2) is 48.5 Å². The van der Waals surface area contributed by atoms with Crippen molar-refractivity contribution in [2.24, 2.45) is 5.92 Å². The average Bonchev–Trinajstić information content (AvgIpc) is 2.90. The molecule has 0 bridgehead atoms. The number of alkyl halides is 3. The van der Waals surface area contributed by atoms with E-state index in [9.17, 15) is 23.2 Å². The average molecular weight is 516 g/mol. The number of nitrogens with zero attached hydrogens (tertiary/aromatic N) is 4. The lowest BCUT2D eigenvalue weighted by Gasteiger charge is -2.36. The minimum Gasteiger partial charge on any atom is -0.404 e. The molecule has 198 valence electrons. The lowest BCUT2D eigenvalue weighted by molar-refractivity contribution is -0.274. The van der Waals surface area contributed by atoms with Crippen LogP contribution in [0, 0.1) is 17.2 Å². The van der Waals surface area contributed by atoms with Gasteiger partial charge in [0, 0.05) is 45.0 Å². The van der Waals surface area contributed by atoms with E-state index in [0.29, 0.717) is 44.3 Å². The summed E-state index contributed by atoms with van der Waals surface area (Å²) in [5, 5.41) is 12.3. The van der Waals surface area contributed by atoms with Crippen LogP contribution in [0.5, 0.6) is 5.75 Å². The van der Waals surface area contributed by atoms with Crippen LogP contribution in [-0.4, -0.2) is 68.0 Å². The molecule has 0 unspecified atom stereocenters. The number of rotatable bonds is 7. The molecule has 2 aliphatic heterocycles. The van der Waals surface area contributed by atoms with E-state index in [2.05, 4.69) is 39.2 Å². The predicted molar refractivity (Wildman–Crippen MR) is 134 cm³/mol. The van der Waals surface area contributed by atoms with E-state index in [1.54, 1.807) is 11.0 Å². The van der Waals surface area contributed by atoms with Gasteiger partial charge in [-0.2, -0.15) is 5.26 Å². The Labute approximate surface area is 215 Å². The first-order valence-electron chi connectivity index (χ1n) is 12.6. The summed E-state index contributed by atoms with van der Waals surface area (Å²) in [5.41, 5.74) is 1.79. The molecule has 2 aromatic rings. The molecule has 1 N–H and O–H groups in total. The second kappa shape index (κ2) is 12.2. The predicted octanol–water partition coefficient (Wildman–Crippen LogP) is 4.59. The Morgan fingerprint density at radius 1 is 1.03 bits per heavy atom. The van der Waals surface area contributed by atoms with E-state index in [0.717, 1.165) is 45.0 Å². The summed E-state index contributed by atoms with van der Waals surface area (Å²) in [7, 11) is 0. The SMILES string of the molecule is N#Cc1cc(N2CCN(C(=O)NCCC3CCN(Cc4ccccc4)CC3)CC2)ccc1OC(F)(F)F. The normalized spacial score (nSPS) is 17.4. The minimum absolute atomic E-state index is 0.0900. The fourth-order valence-corrected chi connectivity index (χ4v) is 4.95. The van der Waals surface area contributed by atoms with Crippen LogP contribution in [0.2, 0.25) is 0 Å². The summed E-state index contributed by atoms with van der Waals surface area (Å²) in [6.45, 7) is 5.82. The zero-order valence-corrected chi connectivity index (χ0v) is 20.7. The van der Waals surface area contributed by atoms with Gasteiger partial charge in [-0.3, -0.25) is 4.90 Å². The van der Waals surface area contributed by atoms with Gasteiger partial charge < -0.3 is 19.9 Å². The Bertz CT molecular complexity index is 1070. The number of ether oxygens (including phenoxy) is 1. The number of nitrogens with one attached hydrogen (secondary N) is 1. The molecule has 2 aliphatic rings. The number of hydrogen-bond acceptors (Lipinski definition) is 5. The first kappa shape index (κ1) is 26.6. The molecule has 0 spiro atoms. The zero-order valence-electron chi connectivity index (χ0n) is 20.7. The van der Waals surface area contributed by atoms with Crippen molar-refractivity contribution < 1.29 is 22.7 Å². The van der Waals surface area contributed by atoms with Gasteiger partial charge in [0.25, 0.3) is 0 Å². The third-order valence-corrected chi connectivity index (χ3v) is 7.03. The number of nitriles is 1. The molecular formula is C27H32F3N5O2. The molecule has 4 rings (SSSR count). The molecule has 7 nitrogen and oxygen atoms in total. The van der Waals surface area contributed by atoms with Crippen molar-refractivity contribution in [2.75, 3.05) is 50.7 Å². The van der Waals surface area contributed by atoms with Crippen molar-refractivity contribution in [3.8, 4) is 11.8 Å². The van der Waals surface area contributed by atoms with E-state index < -0.39 is 12.1 Å². The highest BCUT2D eigenvalue weighted by Crippen LogP contribution is 2.30. The van der Waals surface area contributed by atoms with Crippen molar-refractivity contribution in [1.82, 2.24) is 15.1 Å². The number of piperazine rings is 1. The first-order valence-corrected chi connectivity index (χ1v) is 12.6. The first-order chi connectivity index (χ1) is 17.8. The lowest BCUT2D eigenvalue weighted by Crippen LogP contribution is -2.52. The van der Waals surface area contributed by atoms with Crippen LogP contribution in [0.1, 0.15) is 30.4 Å². The number of hydrogen-bond donors (Lipinski definition) is 1. The molecule has 0 aromatic heterocycles. The number of piperidine rings is 1. The molecule has 2 amide bonds. The molecule has 10 heteroatoms. The van der Waals surface area contributed by atoms with Gasteiger partial charge in [-0.25, -0.2) is 4.79 Å². The van der Waals surface area contributed by atoms with Crippen LogP contribution in [0.4, 0.5) is 23.7 Å². The molecule has 0 aliphatic carbocycles. The summed E-state index contributed by atoms with van der Waals surface area (Å²) in [6.07, 6.45) is -1.61. The molecule has 2 saturated heterocycles. The second-order valence-electron chi connectivity index (χ2n) is 9.54. The fourth-order valence-electron chi connectivity index (χ4n) is 4.95. The number of halogens is 3. The molecular weight excluding hydrogens is 483 g/mol. The minimum atomic E-state index is -4.86. The molecule has 0 saturated carbocycles. The molecule has 0 radical (unpaired) electrons. The molecule has 2 aromatic carbocycles. The number of anilines is 1. The van der Waals surface area contributed by atoms with Crippen LogP contribution in [-0.2, 0) is 6.54 Å². The third kappa shape index (κ3) is 7.76. The van der Waals surface area contributed by atoms with Gasteiger partial charge in [0.05, 0.1) is 5.56 Å². The molecule has 37 heavy (non-hydrogen) atoms. The maximum Gasteiger partial charge on any atom is 0.573 e. The third-order valence-electron chi connectivity index (χ3n) is 7.03. The number of likely N-dealkylation sites (tertiary alicyclic amines) is 1. The van der Waals surface area contributed by atoms with Crippen LogP contribution in [0.3, 0.4) is 0 Å². The number of benzene rings is 2. The largest absolute Gasteiger partial charge is 0.573 e. The van der Waals surface area contributed by atoms with Gasteiger partial charge in [-0.15, -0.1) is 13.2 Å². The maximum absolute atomic E-state index is 12.6. The van der Waals surface area contributed by atoms with Crippen molar-refractivity contribution in [2.45, 2.75) is 32.2 Å². The lowest BCUT2D eigenvalue weighted by atomic mass is 9.93. The van der Waals surface area contributed by atoms with Crippen molar-refractivity contribution in [3.63, 3.8) is 0 Å². The van der Waals surface area contributed by atoms with Gasteiger partial charge >= 0.3 is 12.4 Å². The zero-order chi connectivity index (χ0) is 26.3. The highest BCUT2D eigenvalue weighted by Gasteiger charge is 2.32. The quantitative estimate of drug-likeness (QED) is 0.584. The standard InChI is InChI=1S/C27H32F3N5O2/c28-27(29,30)37-25-7-6-24(18-23(25)19-31)34-14-16-35(17-15-34)26(36)32-11-8-21-9-12-33(13-10-21)20-22-4-2-1-3-5-22/h1-7,18,21H,8-17,20H2,(H,32,36). The maximum atomic E-state index is 12.6. The summed E-state index contributed by atoms with van der Waals surface area (Å²) >= 11 is 0. The Morgan fingerprint density at radius 2 is 1.73 bits per heavy atom. The summed E-state index contributed by atoms with van der Waals surface area (Å²) in [6, 6.07) is 16.2. The van der Waals surface area contributed by atoms with Gasteiger partial charge in [0.2, 0.25) is 0 Å². The van der Waals surface area contributed by atoms with E-state index in [4.69, 9.17) is 0 Å². The van der Waals surface area contributed by atoms with Crippen molar-refractivity contribution >= 4 is 11.7 Å². The Kier molecular flexibility index (Phi) is 8.77. The van der Waals surface area contributed by atoms with Crippen molar-refractivity contribution in [1.29, 1.82) is 5.26 Å². The number of carbonyl (C=O) groups excluding carboxylic acids is 1. The van der Waals surface area contributed by atoms with E-state index >= 15 is 0 Å². The Balaban J connectivity index is 1.16. The van der Waals surface area contributed by atoms with Crippen LogP contribution < -0.4 is 15.0 Å². The fraction of sp³-hybridized carbons (Fsp3) is 0.481. The summed E-state index contributed by atoms with van der Waals surface area (Å²) < 4.78 is 41.5. The van der Waals surface area contributed by atoms with E-state index in [1.165, 1.54) is 17.7 Å². The molecule has 2 fully saturated rings. The van der Waals surface area contributed by atoms with Gasteiger partial charge in [-0.05, 0) is 62.0 Å². The Hall–Kier alpha value is -3.45. The molecule has 0 atom stereocenters. The Morgan fingerprint density at radius 3 is 2.38 bits per heavy atom. The van der Waals surface area contributed by atoms with E-state index in [-0.39, 0.29) is 11.6 Å². The van der Waals surface area contributed by atoms with Crippen molar-refractivity contribution in [3.05, 3.63) is 59.7 Å². The summed E-state index contributed by atoms with van der Waals surface area (Å²) in [4.78, 5) is 18.8. The highest BCUT2D eigenvalue weighted by atomic mass is 19.4. The number of urea groups is 1. The van der Waals surface area contributed by atoms with Gasteiger partial charge in [0.15, 0.2) is 0 Å². The van der Waals surface area contributed by atoms with Gasteiger partial charge in [0.1, 0.15) is 11.8 Å². The van der Waals surface area contributed by atoms with Crippen LogP contribution in [0.25, 0.3) is 0 Å². The smallest absolute Gasteiger partial charge is 0.404 e. The van der Waals surface area contributed by atoms with Crippen LogP contribution >= 0.6 is 0 Å². The molecule has 2 heterocycles. The number of carbonyl (C=O) groups is 1. The second-order valence-corrected chi connectivity index (χ2v) is 9.54. The summed E-state index contributed by atoms with van der Waals surface area (Å²) in [5.74, 6) is 0.0985. The van der Waals surface area contributed by atoms with Gasteiger partial charge in [-0.1, -0.05) is 30.3 Å². The number of amides is 2.